The van der Waals surface area contributed by atoms with Gasteiger partial charge in [-0.3, -0.25) is 0 Å². The standard InChI is InChI=1S/C16H17ClFN/c1-11-5-7-12(8-6-11)9-14(19)10-13-3-2-4-15(18)16(13)17/h2-8,14H,9-10,19H2,1H3. The van der Waals surface area contributed by atoms with E-state index in [-0.39, 0.29) is 16.9 Å². The topological polar surface area (TPSA) is 26.0 Å². The maximum absolute atomic E-state index is 13.3. The van der Waals surface area contributed by atoms with Gasteiger partial charge in [0.1, 0.15) is 5.82 Å². The molecule has 2 aromatic carbocycles. The van der Waals surface area contributed by atoms with Gasteiger partial charge in [-0.2, -0.15) is 0 Å². The second-order valence-corrected chi connectivity index (χ2v) is 5.24. The van der Waals surface area contributed by atoms with Crippen LogP contribution in [0.3, 0.4) is 0 Å². The minimum atomic E-state index is -0.387. The van der Waals surface area contributed by atoms with Crippen molar-refractivity contribution < 1.29 is 4.39 Å². The molecule has 1 unspecified atom stereocenters. The van der Waals surface area contributed by atoms with Crippen LogP contribution in [0.1, 0.15) is 16.7 Å². The van der Waals surface area contributed by atoms with Gasteiger partial charge in [-0.05, 0) is 37.0 Å². The molecule has 0 heterocycles. The number of rotatable bonds is 4. The first-order chi connectivity index (χ1) is 9.06. The Hall–Kier alpha value is -1.38. The lowest BCUT2D eigenvalue weighted by atomic mass is 9.99. The van der Waals surface area contributed by atoms with Crippen molar-refractivity contribution in [3.8, 4) is 0 Å². The predicted octanol–water partition coefficient (Wildman–Crippen LogP) is 3.90. The molecule has 2 rings (SSSR count). The number of hydrogen-bond acceptors (Lipinski definition) is 1. The van der Waals surface area contributed by atoms with Gasteiger partial charge in [0, 0.05) is 6.04 Å². The second kappa shape index (κ2) is 6.18. The van der Waals surface area contributed by atoms with E-state index in [1.165, 1.54) is 17.2 Å². The van der Waals surface area contributed by atoms with Gasteiger partial charge in [0.15, 0.2) is 0 Å². The summed E-state index contributed by atoms with van der Waals surface area (Å²) in [5.74, 6) is -0.387. The van der Waals surface area contributed by atoms with Crippen LogP contribution in [0, 0.1) is 12.7 Å². The molecule has 2 N–H and O–H groups in total. The Kier molecular flexibility index (Phi) is 4.56. The van der Waals surface area contributed by atoms with E-state index >= 15 is 0 Å². The summed E-state index contributed by atoms with van der Waals surface area (Å²) in [6, 6.07) is 13.0. The number of nitrogens with two attached hydrogens (primary N) is 1. The highest BCUT2D eigenvalue weighted by Gasteiger charge is 2.10. The first-order valence-electron chi connectivity index (χ1n) is 6.30. The molecular formula is C16H17ClFN. The Labute approximate surface area is 118 Å². The predicted molar refractivity (Wildman–Crippen MR) is 78.0 cm³/mol. The molecule has 0 radical (unpaired) electrons. The monoisotopic (exact) mass is 277 g/mol. The third-order valence-corrected chi connectivity index (χ3v) is 3.56. The molecule has 0 aliphatic carbocycles. The number of hydrogen-bond donors (Lipinski definition) is 1. The van der Waals surface area contributed by atoms with Gasteiger partial charge in [0.05, 0.1) is 5.02 Å². The summed E-state index contributed by atoms with van der Waals surface area (Å²) >= 11 is 5.93. The van der Waals surface area contributed by atoms with Crippen LogP contribution in [0.5, 0.6) is 0 Å². The fraction of sp³-hybridized carbons (Fsp3) is 0.250. The van der Waals surface area contributed by atoms with E-state index in [2.05, 4.69) is 31.2 Å². The van der Waals surface area contributed by atoms with E-state index in [1.54, 1.807) is 6.07 Å². The van der Waals surface area contributed by atoms with Gasteiger partial charge < -0.3 is 5.73 Å². The molecule has 100 valence electrons. The van der Waals surface area contributed by atoms with Crippen molar-refractivity contribution in [1.29, 1.82) is 0 Å². The highest BCUT2D eigenvalue weighted by molar-refractivity contribution is 6.31. The van der Waals surface area contributed by atoms with Gasteiger partial charge >= 0.3 is 0 Å². The molecule has 0 aromatic heterocycles. The van der Waals surface area contributed by atoms with Gasteiger partial charge in [0.2, 0.25) is 0 Å². The SMILES string of the molecule is Cc1ccc(CC(N)Cc2cccc(F)c2Cl)cc1. The number of halogens is 2. The molecule has 0 saturated carbocycles. The van der Waals surface area contributed by atoms with Crippen LogP contribution in [0.2, 0.25) is 5.02 Å². The molecule has 0 amide bonds. The normalized spacial score (nSPS) is 12.4. The maximum atomic E-state index is 13.3. The molecule has 0 saturated heterocycles. The van der Waals surface area contributed by atoms with Crippen molar-refractivity contribution in [2.24, 2.45) is 5.73 Å². The largest absolute Gasteiger partial charge is 0.327 e. The minimum Gasteiger partial charge on any atom is -0.327 e. The summed E-state index contributed by atoms with van der Waals surface area (Å²) in [5.41, 5.74) is 9.29. The average Bonchev–Trinajstić information content (AvgIpc) is 2.38. The lowest BCUT2D eigenvalue weighted by Crippen LogP contribution is -2.25. The molecule has 0 fully saturated rings. The van der Waals surface area contributed by atoms with E-state index in [0.717, 1.165) is 12.0 Å². The highest BCUT2D eigenvalue weighted by atomic mass is 35.5. The van der Waals surface area contributed by atoms with Crippen molar-refractivity contribution in [3.63, 3.8) is 0 Å². The maximum Gasteiger partial charge on any atom is 0.142 e. The zero-order chi connectivity index (χ0) is 13.8. The molecule has 2 aromatic rings. The summed E-state index contributed by atoms with van der Waals surface area (Å²) in [4.78, 5) is 0. The third kappa shape index (κ3) is 3.79. The van der Waals surface area contributed by atoms with Crippen LogP contribution in [0.15, 0.2) is 42.5 Å². The average molecular weight is 278 g/mol. The molecule has 0 bridgehead atoms. The zero-order valence-corrected chi connectivity index (χ0v) is 11.6. The van der Waals surface area contributed by atoms with Crippen molar-refractivity contribution >= 4 is 11.6 Å². The van der Waals surface area contributed by atoms with Crippen molar-refractivity contribution in [2.75, 3.05) is 0 Å². The van der Waals surface area contributed by atoms with Crippen molar-refractivity contribution in [3.05, 3.63) is 70.0 Å². The fourth-order valence-corrected chi connectivity index (χ4v) is 2.29. The third-order valence-electron chi connectivity index (χ3n) is 3.13. The van der Waals surface area contributed by atoms with Crippen molar-refractivity contribution in [2.45, 2.75) is 25.8 Å². The molecule has 0 aliphatic heterocycles. The zero-order valence-electron chi connectivity index (χ0n) is 10.9. The van der Waals surface area contributed by atoms with Crippen LogP contribution in [-0.4, -0.2) is 6.04 Å². The molecule has 1 nitrogen and oxygen atoms in total. The fourth-order valence-electron chi connectivity index (χ4n) is 2.09. The summed E-state index contributed by atoms with van der Waals surface area (Å²) in [5, 5.41) is 0.182. The van der Waals surface area contributed by atoms with Crippen LogP contribution < -0.4 is 5.73 Å². The quantitative estimate of drug-likeness (QED) is 0.901. The Morgan fingerprint density at radius 1 is 1.11 bits per heavy atom. The van der Waals surface area contributed by atoms with E-state index < -0.39 is 0 Å². The molecule has 1 atom stereocenters. The van der Waals surface area contributed by atoms with Crippen LogP contribution >= 0.6 is 11.6 Å². The summed E-state index contributed by atoms with van der Waals surface area (Å²) in [6.45, 7) is 2.05. The Balaban J connectivity index is 2.03. The van der Waals surface area contributed by atoms with Gasteiger partial charge in [-0.1, -0.05) is 53.6 Å². The van der Waals surface area contributed by atoms with Crippen LogP contribution in [0.4, 0.5) is 4.39 Å². The first-order valence-corrected chi connectivity index (χ1v) is 6.68. The van der Waals surface area contributed by atoms with E-state index in [4.69, 9.17) is 17.3 Å². The first kappa shape index (κ1) is 14.0. The summed E-state index contributed by atoms with van der Waals surface area (Å²) in [7, 11) is 0. The minimum absolute atomic E-state index is 0.0676. The lowest BCUT2D eigenvalue weighted by molar-refractivity contribution is 0.618. The number of benzene rings is 2. The molecule has 0 aliphatic rings. The van der Waals surface area contributed by atoms with Gasteiger partial charge in [-0.25, -0.2) is 4.39 Å². The molecule has 0 spiro atoms. The summed E-state index contributed by atoms with van der Waals surface area (Å²) < 4.78 is 13.3. The number of aryl methyl sites for hydroxylation is 1. The smallest absolute Gasteiger partial charge is 0.142 e. The van der Waals surface area contributed by atoms with E-state index in [1.807, 2.05) is 6.07 Å². The Bertz CT molecular complexity index is 551. The summed E-state index contributed by atoms with van der Waals surface area (Å²) in [6.07, 6.45) is 1.33. The lowest BCUT2D eigenvalue weighted by Gasteiger charge is -2.13. The van der Waals surface area contributed by atoms with E-state index in [0.29, 0.717) is 6.42 Å². The van der Waals surface area contributed by atoms with Gasteiger partial charge in [-0.15, -0.1) is 0 Å². The Morgan fingerprint density at radius 2 is 1.79 bits per heavy atom. The van der Waals surface area contributed by atoms with Crippen LogP contribution in [-0.2, 0) is 12.8 Å². The van der Waals surface area contributed by atoms with E-state index in [9.17, 15) is 4.39 Å². The molecule has 3 heteroatoms. The molecular weight excluding hydrogens is 261 g/mol. The second-order valence-electron chi connectivity index (χ2n) is 4.87. The Morgan fingerprint density at radius 3 is 2.47 bits per heavy atom. The van der Waals surface area contributed by atoms with Crippen molar-refractivity contribution in [1.82, 2.24) is 0 Å². The molecule has 19 heavy (non-hydrogen) atoms. The van der Waals surface area contributed by atoms with Gasteiger partial charge in [0.25, 0.3) is 0 Å². The van der Waals surface area contributed by atoms with Crippen LogP contribution in [0.25, 0.3) is 0 Å². The highest BCUT2D eigenvalue weighted by Crippen LogP contribution is 2.21.